The molecule has 20 heavy (non-hydrogen) atoms. The van der Waals surface area contributed by atoms with Crippen molar-refractivity contribution in [1.82, 2.24) is 10.2 Å². The van der Waals surface area contributed by atoms with Crippen LogP contribution in [0.4, 0.5) is 4.39 Å². The number of rotatable bonds is 6. The normalized spacial score (nSPS) is 25.3. The summed E-state index contributed by atoms with van der Waals surface area (Å²) >= 11 is 0. The second-order valence-electron chi connectivity index (χ2n) is 6.54. The number of hydrogen-bond donors (Lipinski definition) is 2. The molecule has 0 heterocycles. The monoisotopic (exact) mass is 280 g/mol. The summed E-state index contributed by atoms with van der Waals surface area (Å²) in [5, 5.41) is 13.6. The molecule has 1 aliphatic carbocycles. The molecule has 4 heteroatoms. The first-order valence-electron chi connectivity index (χ1n) is 7.22. The Morgan fingerprint density at radius 3 is 2.70 bits per heavy atom. The number of benzene rings is 1. The Morgan fingerprint density at radius 2 is 2.10 bits per heavy atom. The van der Waals surface area contributed by atoms with E-state index in [1.165, 1.54) is 6.07 Å². The summed E-state index contributed by atoms with van der Waals surface area (Å²) in [5.74, 6) is 0.287. The Kier molecular flexibility index (Phi) is 4.78. The van der Waals surface area contributed by atoms with Crippen molar-refractivity contribution in [3.8, 4) is 0 Å². The zero-order chi connectivity index (χ0) is 14.8. The number of nitrogens with one attached hydrogen (secondary N) is 1. The summed E-state index contributed by atoms with van der Waals surface area (Å²) in [4.78, 5) is 1.98. The third-order valence-electron chi connectivity index (χ3n) is 3.89. The summed E-state index contributed by atoms with van der Waals surface area (Å²) < 4.78 is 13.2. The van der Waals surface area contributed by atoms with Gasteiger partial charge in [0.15, 0.2) is 0 Å². The minimum atomic E-state index is -0.715. The van der Waals surface area contributed by atoms with Crippen molar-refractivity contribution in [2.24, 2.45) is 0 Å². The number of likely N-dealkylation sites (N-methyl/N-ethyl adjacent to an activating group) is 1. The van der Waals surface area contributed by atoms with Crippen molar-refractivity contribution < 1.29 is 9.50 Å². The highest BCUT2D eigenvalue weighted by atomic mass is 19.1. The minimum Gasteiger partial charge on any atom is -0.388 e. The van der Waals surface area contributed by atoms with Gasteiger partial charge in [-0.3, -0.25) is 0 Å². The van der Waals surface area contributed by atoms with Gasteiger partial charge >= 0.3 is 0 Å². The van der Waals surface area contributed by atoms with Crippen molar-refractivity contribution >= 4 is 0 Å². The maximum Gasteiger partial charge on any atom is 0.123 e. The van der Waals surface area contributed by atoms with Crippen LogP contribution in [0, 0.1) is 5.82 Å². The third-order valence-corrected chi connectivity index (χ3v) is 3.89. The van der Waals surface area contributed by atoms with Gasteiger partial charge in [0, 0.05) is 19.1 Å². The fourth-order valence-corrected chi connectivity index (χ4v) is 2.92. The predicted octanol–water partition coefficient (Wildman–Crippen LogP) is 1.97. The van der Waals surface area contributed by atoms with Crippen molar-refractivity contribution in [2.75, 3.05) is 27.2 Å². The van der Waals surface area contributed by atoms with E-state index < -0.39 is 5.60 Å². The van der Waals surface area contributed by atoms with E-state index in [1.54, 1.807) is 12.1 Å². The lowest BCUT2D eigenvalue weighted by atomic mass is 9.75. The minimum absolute atomic E-state index is 0.159. The average molecular weight is 280 g/mol. The van der Waals surface area contributed by atoms with Crippen LogP contribution in [-0.2, 0) is 0 Å². The Morgan fingerprint density at radius 1 is 1.40 bits per heavy atom. The molecular weight excluding hydrogens is 255 g/mol. The smallest absolute Gasteiger partial charge is 0.123 e. The number of nitrogens with zero attached hydrogens (tertiary/aromatic N) is 1. The van der Waals surface area contributed by atoms with E-state index in [2.05, 4.69) is 5.32 Å². The Hall–Kier alpha value is -0.970. The van der Waals surface area contributed by atoms with Crippen LogP contribution in [0.2, 0.25) is 0 Å². The molecule has 1 aliphatic rings. The van der Waals surface area contributed by atoms with Gasteiger partial charge < -0.3 is 15.3 Å². The van der Waals surface area contributed by atoms with Gasteiger partial charge in [0.1, 0.15) is 5.82 Å². The van der Waals surface area contributed by atoms with Gasteiger partial charge in [0.25, 0.3) is 0 Å². The molecule has 0 aliphatic heterocycles. The lowest BCUT2D eigenvalue weighted by molar-refractivity contribution is 0.0277. The van der Waals surface area contributed by atoms with Gasteiger partial charge in [-0.2, -0.15) is 0 Å². The fraction of sp³-hybridized carbons (Fsp3) is 0.625. The van der Waals surface area contributed by atoms with Crippen LogP contribution in [0.1, 0.15) is 31.2 Å². The topological polar surface area (TPSA) is 35.5 Å². The molecule has 1 aromatic carbocycles. The lowest BCUT2D eigenvalue weighted by Crippen LogP contribution is -2.50. The molecule has 0 saturated heterocycles. The lowest BCUT2D eigenvalue weighted by Gasteiger charge is -2.38. The van der Waals surface area contributed by atoms with E-state index in [1.807, 2.05) is 32.0 Å². The van der Waals surface area contributed by atoms with E-state index in [9.17, 15) is 9.50 Å². The molecule has 0 amide bonds. The first-order chi connectivity index (χ1) is 9.35. The molecule has 0 spiro atoms. The third kappa shape index (κ3) is 4.27. The predicted molar refractivity (Wildman–Crippen MR) is 79.3 cm³/mol. The molecular formula is C16H25FN2O. The van der Waals surface area contributed by atoms with E-state index in [4.69, 9.17) is 0 Å². The quantitative estimate of drug-likeness (QED) is 0.836. The summed E-state index contributed by atoms with van der Waals surface area (Å²) in [6.07, 6.45) is 2.03. The van der Waals surface area contributed by atoms with Crippen molar-refractivity contribution in [2.45, 2.75) is 37.3 Å². The van der Waals surface area contributed by atoms with Crippen LogP contribution >= 0.6 is 0 Å². The second-order valence-corrected chi connectivity index (χ2v) is 6.54. The van der Waals surface area contributed by atoms with Crippen LogP contribution in [-0.4, -0.2) is 48.8 Å². The number of hydrogen-bond acceptors (Lipinski definition) is 3. The molecule has 2 N–H and O–H groups in total. The maximum atomic E-state index is 13.2. The standard InChI is InChI=1S/C16H25FN2O/c1-16(20,11-19(2)3)10-18-15-8-13(9-15)12-5-4-6-14(17)7-12/h4-7,13,15,18,20H,8-11H2,1-3H3. The van der Waals surface area contributed by atoms with Crippen LogP contribution in [0.25, 0.3) is 0 Å². The van der Waals surface area contributed by atoms with E-state index >= 15 is 0 Å². The zero-order valence-corrected chi connectivity index (χ0v) is 12.6. The number of aliphatic hydroxyl groups is 1. The van der Waals surface area contributed by atoms with E-state index in [-0.39, 0.29) is 5.82 Å². The van der Waals surface area contributed by atoms with Gasteiger partial charge in [-0.25, -0.2) is 4.39 Å². The highest BCUT2D eigenvalue weighted by Gasteiger charge is 2.32. The number of halogens is 1. The van der Waals surface area contributed by atoms with Gasteiger partial charge in [-0.05, 0) is 57.5 Å². The maximum absolute atomic E-state index is 13.2. The zero-order valence-electron chi connectivity index (χ0n) is 12.6. The van der Waals surface area contributed by atoms with Crippen LogP contribution in [0.5, 0.6) is 0 Å². The van der Waals surface area contributed by atoms with Crippen molar-refractivity contribution in [1.29, 1.82) is 0 Å². The SMILES string of the molecule is CN(C)CC(C)(O)CNC1CC(c2cccc(F)c2)C1. The Balaban J connectivity index is 1.74. The van der Waals surface area contributed by atoms with Gasteiger partial charge in [0.2, 0.25) is 0 Å². The average Bonchev–Trinajstić information content (AvgIpc) is 2.24. The van der Waals surface area contributed by atoms with E-state index in [0.717, 1.165) is 18.4 Å². The van der Waals surface area contributed by atoms with Gasteiger partial charge in [-0.1, -0.05) is 12.1 Å². The molecule has 1 saturated carbocycles. The molecule has 1 atom stereocenters. The van der Waals surface area contributed by atoms with Gasteiger partial charge in [-0.15, -0.1) is 0 Å². The molecule has 1 unspecified atom stereocenters. The molecule has 0 aromatic heterocycles. The van der Waals surface area contributed by atoms with Crippen LogP contribution in [0.15, 0.2) is 24.3 Å². The Labute approximate surface area is 120 Å². The van der Waals surface area contributed by atoms with Gasteiger partial charge in [0.05, 0.1) is 5.60 Å². The van der Waals surface area contributed by atoms with Crippen LogP contribution < -0.4 is 5.32 Å². The first-order valence-corrected chi connectivity index (χ1v) is 7.22. The Bertz CT molecular complexity index is 442. The second kappa shape index (κ2) is 6.20. The fourth-order valence-electron chi connectivity index (χ4n) is 2.92. The van der Waals surface area contributed by atoms with E-state index in [0.29, 0.717) is 25.0 Å². The molecule has 0 radical (unpaired) electrons. The molecule has 3 nitrogen and oxygen atoms in total. The molecule has 1 aromatic rings. The summed E-state index contributed by atoms with van der Waals surface area (Å²) in [7, 11) is 3.91. The van der Waals surface area contributed by atoms with Crippen molar-refractivity contribution in [3.05, 3.63) is 35.6 Å². The summed E-state index contributed by atoms with van der Waals surface area (Å²) in [6.45, 7) is 3.08. The summed E-state index contributed by atoms with van der Waals surface area (Å²) in [6, 6.07) is 7.30. The highest BCUT2D eigenvalue weighted by molar-refractivity contribution is 5.23. The van der Waals surface area contributed by atoms with Crippen molar-refractivity contribution in [3.63, 3.8) is 0 Å². The summed E-state index contributed by atoms with van der Waals surface area (Å²) in [5.41, 5.74) is 0.371. The molecule has 112 valence electrons. The van der Waals surface area contributed by atoms with Crippen LogP contribution in [0.3, 0.4) is 0 Å². The first kappa shape index (κ1) is 15.4. The molecule has 1 fully saturated rings. The highest BCUT2D eigenvalue weighted by Crippen LogP contribution is 2.37. The molecule has 0 bridgehead atoms. The largest absolute Gasteiger partial charge is 0.388 e. The molecule has 2 rings (SSSR count).